The van der Waals surface area contributed by atoms with Crippen molar-refractivity contribution in [2.24, 2.45) is 0 Å². The maximum absolute atomic E-state index is 11.9. The number of carbonyl (C=O) groups excluding carboxylic acids is 1. The molecule has 2 aromatic rings. The molecule has 1 amide bonds. The molecule has 0 fully saturated rings. The van der Waals surface area contributed by atoms with E-state index in [1.165, 1.54) is 12.1 Å². The fourth-order valence-corrected chi connectivity index (χ4v) is 2.17. The first-order chi connectivity index (χ1) is 9.54. The number of halogens is 1. The third-order valence-corrected chi connectivity index (χ3v) is 3.00. The fourth-order valence-electron chi connectivity index (χ4n) is 1.68. The number of anilines is 1. The Kier molecular flexibility index (Phi) is 4.47. The van der Waals surface area contributed by atoms with Gasteiger partial charge in [-0.25, -0.2) is 4.79 Å². The van der Waals surface area contributed by atoms with E-state index in [0.29, 0.717) is 10.2 Å². The smallest absolute Gasteiger partial charge is 0.335 e. The minimum Gasteiger partial charge on any atom is -0.478 e. The topological polar surface area (TPSA) is 79.3 Å². The molecular weight excluding hydrogens is 324 g/mol. The van der Waals surface area contributed by atoms with Gasteiger partial charge in [0.15, 0.2) is 0 Å². The van der Waals surface area contributed by atoms with Crippen LogP contribution in [0.3, 0.4) is 0 Å². The Morgan fingerprint density at radius 3 is 2.55 bits per heavy atom. The zero-order valence-electron chi connectivity index (χ0n) is 10.3. The molecule has 1 aromatic carbocycles. The summed E-state index contributed by atoms with van der Waals surface area (Å²) < 4.78 is 0.594. The van der Waals surface area contributed by atoms with Crippen molar-refractivity contribution >= 4 is 33.5 Å². The number of pyridine rings is 1. The van der Waals surface area contributed by atoms with Gasteiger partial charge in [-0.15, -0.1) is 0 Å². The summed E-state index contributed by atoms with van der Waals surface area (Å²) in [6, 6.07) is 8.04. The summed E-state index contributed by atoms with van der Waals surface area (Å²) >= 11 is 3.22. The quantitative estimate of drug-likeness (QED) is 0.900. The average Bonchev–Trinajstić information content (AvgIpc) is 2.38. The SMILES string of the molecule is O=C(Cc1ccncc1)Nc1cc(Br)cc(C(=O)O)c1. The van der Waals surface area contributed by atoms with Gasteiger partial charge in [-0.1, -0.05) is 15.9 Å². The van der Waals surface area contributed by atoms with E-state index in [1.54, 1.807) is 30.6 Å². The molecule has 0 spiro atoms. The molecule has 0 aliphatic heterocycles. The number of benzene rings is 1. The molecule has 0 radical (unpaired) electrons. The predicted molar refractivity (Wildman–Crippen MR) is 77.7 cm³/mol. The number of amides is 1. The fraction of sp³-hybridized carbons (Fsp3) is 0.0714. The van der Waals surface area contributed by atoms with Crippen LogP contribution in [-0.2, 0) is 11.2 Å². The van der Waals surface area contributed by atoms with Crippen molar-refractivity contribution in [3.63, 3.8) is 0 Å². The molecule has 0 aliphatic carbocycles. The molecule has 0 atom stereocenters. The Bertz CT molecular complexity index is 644. The van der Waals surface area contributed by atoms with Crippen LogP contribution in [0.4, 0.5) is 5.69 Å². The highest BCUT2D eigenvalue weighted by Crippen LogP contribution is 2.20. The van der Waals surface area contributed by atoms with Crippen LogP contribution in [0.15, 0.2) is 47.2 Å². The maximum Gasteiger partial charge on any atom is 0.335 e. The molecule has 0 saturated carbocycles. The van der Waals surface area contributed by atoms with E-state index >= 15 is 0 Å². The van der Waals surface area contributed by atoms with Crippen molar-refractivity contribution in [2.45, 2.75) is 6.42 Å². The van der Waals surface area contributed by atoms with E-state index in [-0.39, 0.29) is 17.9 Å². The summed E-state index contributed by atoms with van der Waals surface area (Å²) in [4.78, 5) is 26.7. The summed E-state index contributed by atoms with van der Waals surface area (Å²) in [5.74, 6) is -1.26. The average molecular weight is 335 g/mol. The molecule has 2 rings (SSSR count). The number of nitrogens with zero attached hydrogens (tertiary/aromatic N) is 1. The van der Waals surface area contributed by atoms with Gasteiger partial charge in [0.25, 0.3) is 0 Å². The van der Waals surface area contributed by atoms with Crippen LogP contribution in [0.25, 0.3) is 0 Å². The van der Waals surface area contributed by atoms with Gasteiger partial charge >= 0.3 is 5.97 Å². The Balaban J connectivity index is 2.10. The molecule has 1 heterocycles. The van der Waals surface area contributed by atoms with Crippen molar-refractivity contribution in [1.29, 1.82) is 0 Å². The molecule has 20 heavy (non-hydrogen) atoms. The van der Waals surface area contributed by atoms with Crippen LogP contribution in [0.1, 0.15) is 15.9 Å². The number of carboxylic acid groups (broad SMARTS) is 1. The monoisotopic (exact) mass is 334 g/mol. The molecule has 0 unspecified atom stereocenters. The molecule has 6 heteroatoms. The predicted octanol–water partition coefficient (Wildman–Crippen LogP) is 2.72. The minimum absolute atomic E-state index is 0.110. The number of hydrogen-bond acceptors (Lipinski definition) is 3. The Labute approximate surface area is 123 Å². The number of hydrogen-bond donors (Lipinski definition) is 2. The lowest BCUT2D eigenvalue weighted by atomic mass is 10.1. The molecule has 102 valence electrons. The van der Waals surface area contributed by atoms with Gasteiger partial charge in [0.05, 0.1) is 12.0 Å². The van der Waals surface area contributed by atoms with Crippen LogP contribution < -0.4 is 5.32 Å². The molecular formula is C14H11BrN2O3. The number of aromatic nitrogens is 1. The number of aromatic carboxylic acids is 1. The lowest BCUT2D eigenvalue weighted by molar-refractivity contribution is -0.115. The third kappa shape index (κ3) is 3.89. The molecule has 1 aromatic heterocycles. The maximum atomic E-state index is 11.9. The number of rotatable bonds is 4. The Hall–Kier alpha value is -2.21. The van der Waals surface area contributed by atoms with E-state index in [4.69, 9.17) is 5.11 Å². The number of nitrogens with one attached hydrogen (secondary N) is 1. The summed E-state index contributed by atoms with van der Waals surface area (Å²) in [7, 11) is 0. The standard InChI is InChI=1S/C14H11BrN2O3/c15-11-6-10(14(19)20)7-12(8-11)17-13(18)5-9-1-3-16-4-2-9/h1-4,6-8H,5H2,(H,17,18)(H,19,20). The summed E-state index contributed by atoms with van der Waals surface area (Å²) in [6.45, 7) is 0. The molecule has 5 nitrogen and oxygen atoms in total. The molecule has 2 N–H and O–H groups in total. The Morgan fingerprint density at radius 2 is 1.90 bits per heavy atom. The van der Waals surface area contributed by atoms with E-state index in [1.807, 2.05) is 0 Å². The van der Waals surface area contributed by atoms with E-state index < -0.39 is 5.97 Å². The zero-order chi connectivity index (χ0) is 14.5. The first-order valence-electron chi connectivity index (χ1n) is 5.77. The highest BCUT2D eigenvalue weighted by molar-refractivity contribution is 9.10. The molecule has 0 bridgehead atoms. The number of carbonyl (C=O) groups is 2. The second kappa shape index (κ2) is 6.29. The van der Waals surface area contributed by atoms with Crippen molar-refractivity contribution in [1.82, 2.24) is 4.98 Å². The Morgan fingerprint density at radius 1 is 1.20 bits per heavy atom. The van der Waals surface area contributed by atoms with Gasteiger partial charge in [-0.3, -0.25) is 9.78 Å². The number of carboxylic acids is 1. The van der Waals surface area contributed by atoms with Gasteiger partial charge < -0.3 is 10.4 Å². The van der Waals surface area contributed by atoms with Crippen LogP contribution in [0.2, 0.25) is 0 Å². The molecule has 0 aliphatic rings. The van der Waals surface area contributed by atoms with Gasteiger partial charge in [0, 0.05) is 22.6 Å². The van der Waals surface area contributed by atoms with Gasteiger partial charge in [-0.2, -0.15) is 0 Å². The third-order valence-electron chi connectivity index (χ3n) is 2.54. The molecule has 0 saturated heterocycles. The highest BCUT2D eigenvalue weighted by atomic mass is 79.9. The van der Waals surface area contributed by atoms with Crippen LogP contribution in [0.5, 0.6) is 0 Å². The van der Waals surface area contributed by atoms with Crippen molar-refractivity contribution in [3.05, 3.63) is 58.3 Å². The normalized spacial score (nSPS) is 10.1. The van der Waals surface area contributed by atoms with Crippen LogP contribution >= 0.6 is 15.9 Å². The van der Waals surface area contributed by atoms with Gasteiger partial charge in [0.1, 0.15) is 0 Å². The van der Waals surface area contributed by atoms with Crippen molar-refractivity contribution in [2.75, 3.05) is 5.32 Å². The van der Waals surface area contributed by atoms with E-state index in [0.717, 1.165) is 5.56 Å². The second-order valence-electron chi connectivity index (χ2n) is 4.11. The van der Waals surface area contributed by atoms with E-state index in [9.17, 15) is 9.59 Å². The van der Waals surface area contributed by atoms with Crippen molar-refractivity contribution in [3.8, 4) is 0 Å². The minimum atomic E-state index is -1.05. The first kappa shape index (κ1) is 14.2. The van der Waals surface area contributed by atoms with Crippen LogP contribution in [0, 0.1) is 0 Å². The van der Waals surface area contributed by atoms with Gasteiger partial charge in [-0.05, 0) is 35.9 Å². The first-order valence-corrected chi connectivity index (χ1v) is 6.56. The van der Waals surface area contributed by atoms with E-state index in [2.05, 4.69) is 26.2 Å². The second-order valence-corrected chi connectivity index (χ2v) is 5.03. The lowest BCUT2D eigenvalue weighted by Crippen LogP contribution is -2.14. The van der Waals surface area contributed by atoms with Crippen molar-refractivity contribution < 1.29 is 14.7 Å². The largest absolute Gasteiger partial charge is 0.478 e. The lowest BCUT2D eigenvalue weighted by Gasteiger charge is -2.07. The zero-order valence-corrected chi connectivity index (χ0v) is 11.9. The summed E-state index contributed by atoms with van der Waals surface area (Å²) in [6.07, 6.45) is 3.44. The van der Waals surface area contributed by atoms with Gasteiger partial charge in [0.2, 0.25) is 5.91 Å². The highest BCUT2D eigenvalue weighted by Gasteiger charge is 2.09. The summed E-state index contributed by atoms with van der Waals surface area (Å²) in [5, 5.41) is 11.6. The summed E-state index contributed by atoms with van der Waals surface area (Å²) in [5.41, 5.74) is 1.39. The van der Waals surface area contributed by atoms with Crippen LogP contribution in [-0.4, -0.2) is 22.0 Å².